The predicted octanol–water partition coefficient (Wildman–Crippen LogP) is 4.11. The Labute approximate surface area is 99.1 Å². The zero-order chi connectivity index (χ0) is 10.9. The molecule has 0 saturated heterocycles. The SMILES string of the molecule is Cc1nc(CC(Br)C(C)(C)C)sc1C. The highest BCUT2D eigenvalue weighted by molar-refractivity contribution is 9.09. The molecule has 0 radical (unpaired) electrons. The Balaban J connectivity index is 2.70. The fourth-order valence-corrected chi connectivity index (χ4v) is 2.59. The lowest BCUT2D eigenvalue weighted by molar-refractivity contribution is 0.397. The van der Waals surface area contributed by atoms with Gasteiger partial charge in [-0.3, -0.25) is 0 Å². The molecular formula is C11H18BrNS. The second-order valence-corrected chi connectivity index (χ2v) is 7.18. The minimum Gasteiger partial charge on any atom is -0.246 e. The Morgan fingerprint density at radius 2 is 1.93 bits per heavy atom. The van der Waals surface area contributed by atoms with Crippen molar-refractivity contribution in [2.75, 3.05) is 0 Å². The van der Waals surface area contributed by atoms with E-state index in [-0.39, 0.29) is 0 Å². The number of alkyl halides is 1. The van der Waals surface area contributed by atoms with Gasteiger partial charge < -0.3 is 0 Å². The number of nitrogens with zero attached hydrogens (tertiary/aromatic N) is 1. The molecule has 1 rings (SSSR count). The smallest absolute Gasteiger partial charge is 0.0942 e. The van der Waals surface area contributed by atoms with Crippen molar-refractivity contribution >= 4 is 27.3 Å². The normalized spacial score (nSPS) is 14.4. The van der Waals surface area contributed by atoms with Crippen LogP contribution in [0, 0.1) is 19.3 Å². The molecule has 14 heavy (non-hydrogen) atoms. The van der Waals surface area contributed by atoms with E-state index in [9.17, 15) is 0 Å². The minimum atomic E-state index is 0.299. The van der Waals surface area contributed by atoms with Crippen LogP contribution in [0.4, 0.5) is 0 Å². The van der Waals surface area contributed by atoms with Gasteiger partial charge in [0.05, 0.1) is 10.7 Å². The summed E-state index contributed by atoms with van der Waals surface area (Å²) in [5.74, 6) is 0. The second kappa shape index (κ2) is 4.31. The summed E-state index contributed by atoms with van der Waals surface area (Å²) in [6.07, 6.45) is 1.03. The van der Waals surface area contributed by atoms with Crippen molar-refractivity contribution in [1.82, 2.24) is 4.98 Å². The average molecular weight is 276 g/mol. The van der Waals surface area contributed by atoms with Crippen LogP contribution in [0.2, 0.25) is 0 Å². The van der Waals surface area contributed by atoms with Crippen LogP contribution in [-0.4, -0.2) is 9.81 Å². The van der Waals surface area contributed by atoms with E-state index in [0.717, 1.165) is 6.42 Å². The summed E-state index contributed by atoms with van der Waals surface area (Å²) < 4.78 is 0. The first-order valence-electron chi connectivity index (χ1n) is 4.87. The van der Waals surface area contributed by atoms with Crippen LogP contribution in [0.15, 0.2) is 0 Å². The molecule has 0 N–H and O–H groups in total. The Bertz CT molecular complexity index is 292. The van der Waals surface area contributed by atoms with Gasteiger partial charge in [-0.15, -0.1) is 11.3 Å². The van der Waals surface area contributed by atoms with E-state index in [0.29, 0.717) is 10.2 Å². The first-order chi connectivity index (χ1) is 6.30. The zero-order valence-electron chi connectivity index (χ0n) is 9.52. The van der Waals surface area contributed by atoms with Gasteiger partial charge in [-0.2, -0.15) is 0 Å². The lowest BCUT2D eigenvalue weighted by Gasteiger charge is -2.24. The van der Waals surface area contributed by atoms with Crippen molar-refractivity contribution in [3.63, 3.8) is 0 Å². The van der Waals surface area contributed by atoms with Gasteiger partial charge in [0.25, 0.3) is 0 Å². The molecule has 0 aliphatic carbocycles. The quantitative estimate of drug-likeness (QED) is 0.741. The van der Waals surface area contributed by atoms with E-state index >= 15 is 0 Å². The first-order valence-corrected chi connectivity index (χ1v) is 6.61. The first kappa shape index (κ1) is 12.2. The predicted molar refractivity (Wildman–Crippen MR) is 67.5 cm³/mol. The van der Waals surface area contributed by atoms with Gasteiger partial charge >= 0.3 is 0 Å². The summed E-state index contributed by atoms with van der Waals surface area (Å²) >= 11 is 5.55. The van der Waals surface area contributed by atoms with Gasteiger partial charge in [-0.1, -0.05) is 36.7 Å². The molecule has 0 bridgehead atoms. The van der Waals surface area contributed by atoms with Crippen LogP contribution >= 0.6 is 27.3 Å². The van der Waals surface area contributed by atoms with E-state index in [1.54, 1.807) is 0 Å². The van der Waals surface area contributed by atoms with Crippen LogP contribution < -0.4 is 0 Å². The van der Waals surface area contributed by atoms with E-state index in [1.165, 1.54) is 15.6 Å². The maximum absolute atomic E-state index is 4.55. The third kappa shape index (κ3) is 3.06. The minimum absolute atomic E-state index is 0.299. The van der Waals surface area contributed by atoms with Gasteiger partial charge in [0, 0.05) is 16.1 Å². The van der Waals surface area contributed by atoms with Crippen LogP contribution in [-0.2, 0) is 6.42 Å². The Morgan fingerprint density at radius 3 is 2.29 bits per heavy atom. The molecule has 0 spiro atoms. The summed E-state index contributed by atoms with van der Waals surface area (Å²) in [6.45, 7) is 11.0. The maximum Gasteiger partial charge on any atom is 0.0942 e. The number of hydrogen-bond donors (Lipinski definition) is 0. The Kier molecular flexibility index (Phi) is 3.75. The molecule has 1 atom stereocenters. The Hall–Kier alpha value is 0.110. The molecule has 0 aliphatic heterocycles. The number of aromatic nitrogens is 1. The monoisotopic (exact) mass is 275 g/mol. The highest BCUT2D eigenvalue weighted by atomic mass is 79.9. The van der Waals surface area contributed by atoms with Gasteiger partial charge in [0.2, 0.25) is 0 Å². The Morgan fingerprint density at radius 1 is 1.36 bits per heavy atom. The molecule has 1 unspecified atom stereocenters. The lowest BCUT2D eigenvalue weighted by atomic mass is 9.90. The highest BCUT2D eigenvalue weighted by Gasteiger charge is 2.23. The number of rotatable bonds is 2. The van der Waals surface area contributed by atoms with Crippen molar-refractivity contribution < 1.29 is 0 Å². The molecule has 0 aliphatic rings. The molecule has 1 aromatic rings. The fraction of sp³-hybridized carbons (Fsp3) is 0.727. The molecule has 0 fully saturated rings. The molecule has 0 aromatic carbocycles. The van der Waals surface area contributed by atoms with Crippen LogP contribution in [0.25, 0.3) is 0 Å². The second-order valence-electron chi connectivity index (χ2n) is 4.79. The number of halogens is 1. The topological polar surface area (TPSA) is 12.9 Å². The zero-order valence-corrected chi connectivity index (χ0v) is 11.9. The maximum atomic E-state index is 4.55. The van der Waals surface area contributed by atoms with Crippen molar-refractivity contribution in [2.24, 2.45) is 5.41 Å². The van der Waals surface area contributed by atoms with Crippen LogP contribution in [0.3, 0.4) is 0 Å². The van der Waals surface area contributed by atoms with Gasteiger partial charge in [-0.25, -0.2) is 4.98 Å². The molecule has 80 valence electrons. The summed E-state index contributed by atoms with van der Waals surface area (Å²) in [5.41, 5.74) is 1.48. The summed E-state index contributed by atoms with van der Waals surface area (Å²) in [6, 6.07) is 0. The van der Waals surface area contributed by atoms with Crippen molar-refractivity contribution in [2.45, 2.75) is 45.9 Å². The summed E-state index contributed by atoms with van der Waals surface area (Å²) in [5, 5.41) is 1.25. The van der Waals surface area contributed by atoms with E-state index in [4.69, 9.17) is 0 Å². The largest absolute Gasteiger partial charge is 0.246 e. The highest BCUT2D eigenvalue weighted by Crippen LogP contribution is 2.30. The van der Waals surface area contributed by atoms with E-state index in [2.05, 4.69) is 55.5 Å². The third-order valence-electron chi connectivity index (χ3n) is 2.37. The van der Waals surface area contributed by atoms with Crippen molar-refractivity contribution in [3.8, 4) is 0 Å². The molecule has 3 heteroatoms. The fourth-order valence-electron chi connectivity index (χ4n) is 1.09. The average Bonchev–Trinajstić information content (AvgIpc) is 2.29. The molecule has 1 heterocycles. The van der Waals surface area contributed by atoms with E-state index < -0.39 is 0 Å². The number of aryl methyl sites for hydroxylation is 2. The molecular weight excluding hydrogens is 258 g/mol. The van der Waals surface area contributed by atoms with Crippen molar-refractivity contribution in [3.05, 3.63) is 15.6 Å². The summed E-state index contributed by atoms with van der Waals surface area (Å²) in [7, 11) is 0. The van der Waals surface area contributed by atoms with Crippen LogP contribution in [0.1, 0.15) is 36.3 Å². The van der Waals surface area contributed by atoms with Crippen molar-refractivity contribution in [1.29, 1.82) is 0 Å². The summed E-state index contributed by atoms with van der Waals surface area (Å²) in [4.78, 5) is 6.39. The third-order valence-corrected chi connectivity index (χ3v) is 5.16. The number of thiazole rings is 1. The standard InChI is InChI=1S/C11H18BrNS/c1-7-8(2)14-10(13-7)6-9(12)11(3,4)5/h9H,6H2,1-5H3. The molecule has 0 amide bonds. The van der Waals surface area contributed by atoms with Gasteiger partial charge in [-0.05, 0) is 19.3 Å². The molecule has 1 nitrogen and oxygen atoms in total. The van der Waals surface area contributed by atoms with Gasteiger partial charge in [0.1, 0.15) is 0 Å². The van der Waals surface area contributed by atoms with E-state index in [1.807, 2.05) is 11.3 Å². The lowest BCUT2D eigenvalue weighted by Crippen LogP contribution is -2.22. The molecule has 1 aromatic heterocycles. The number of hydrogen-bond acceptors (Lipinski definition) is 2. The van der Waals surface area contributed by atoms with Crippen LogP contribution in [0.5, 0.6) is 0 Å². The molecule has 0 saturated carbocycles. The van der Waals surface area contributed by atoms with Gasteiger partial charge in [0.15, 0.2) is 0 Å².